The molecule has 4 nitrogen and oxygen atoms in total. The number of esters is 1. The van der Waals surface area contributed by atoms with Gasteiger partial charge in [0.15, 0.2) is 0 Å². The van der Waals surface area contributed by atoms with Crippen molar-refractivity contribution in [1.29, 1.82) is 0 Å². The van der Waals surface area contributed by atoms with E-state index in [0.717, 1.165) is 19.3 Å². The van der Waals surface area contributed by atoms with E-state index in [0.29, 0.717) is 5.92 Å². The van der Waals surface area contributed by atoms with Gasteiger partial charge in [-0.3, -0.25) is 9.59 Å². The van der Waals surface area contributed by atoms with Crippen LogP contribution in [0.25, 0.3) is 0 Å². The highest BCUT2D eigenvalue weighted by Gasteiger charge is 2.41. The first kappa shape index (κ1) is 12.0. The second kappa shape index (κ2) is 4.64. The highest BCUT2D eigenvalue weighted by molar-refractivity contribution is 5.73. The lowest BCUT2D eigenvalue weighted by molar-refractivity contribution is -0.146. The molecule has 1 aliphatic carbocycles. The third-order valence-electron chi connectivity index (χ3n) is 3.22. The van der Waals surface area contributed by atoms with E-state index in [1.165, 1.54) is 7.11 Å². The number of carbonyl (C=O) groups is 2. The van der Waals surface area contributed by atoms with Crippen LogP contribution in [0.1, 0.15) is 39.0 Å². The predicted molar refractivity (Wildman–Crippen MR) is 54.3 cm³/mol. The van der Waals surface area contributed by atoms with Gasteiger partial charge in [-0.1, -0.05) is 13.3 Å². The molecular weight excluding hydrogens is 196 g/mol. The normalized spacial score (nSPS) is 30.1. The largest absolute Gasteiger partial charge is 0.481 e. The number of carbonyl (C=O) groups excluding carboxylic acids is 1. The maximum atomic E-state index is 11.2. The number of methoxy groups -OCH3 is 1. The van der Waals surface area contributed by atoms with Gasteiger partial charge in [0.05, 0.1) is 20.0 Å². The van der Waals surface area contributed by atoms with Crippen LogP contribution in [0.5, 0.6) is 0 Å². The van der Waals surface area contributed by atoms with Crippen LogP contribution in [-0.4, -0.2) is 24.2 Å². The Morgan fingerprint density at radius 1 is 1.47 bits per heavy atom. The van der Waals surface area contributed by atoms with Crippen molar-refractivity contribution < 1.29 is 19.4 Å². The Morgan fingerprint density at radius 2 is 2.13 bits per heavy atom. The summed E-state index contributed by atoms with van der Waals surface area (Å²) in [5.41, 5.74) is -0.363. The Hall–Kier alpha value is -1.06. The molecule has 1 fully saturated rings. The lowest BCUT2D eigenvalue weighted by Crippen LogP contribution is -2.25. The van der Waals surface area contributed by atoms with E-state index in [-0.39, 0.29) is 24.2 Å². The Kier molecular flexibility index (Phi) is 3.72. The summed E-state index contributed by atoms with van der Waals surface area (Å²) >= 11 is 0. The van der Waals surface area contributed by atoms with Crippen LogP contribution in [0.3, 0.4) is 0 Å². The molecule has 0 unspecified atom stereocenters. The number of hydrogen-bond donors (Lipinski definition) is 1. The number of rotatable bonds is 4. The van der Waals surface area contributed by atoms with Gasteiger partial charge in [-0.2, -0.15) is 0 Å². The predicted octanol–water partition coefficient (Wildman–Crippen LogP) is 1.83. The number of aliphatic carboxylic acids is 1. The van der Waals surface area contributed by atoms with Crippen LogP contribution in [0.4, 0.5) is 0 Å². The minimum absolute atomic E-state index is 0.0758. The Labute approximate surface area is 89.6 Å². The van der Waals surface area contributed by atoms with Gasteiger partial charge in [0.25, 0.3) is 0 Å². The van der Waals surface area contributed by atoms with Crippen molar-refractivity contribution in [3.63, 3.8) is 0 Å². The van der Waals surface area contributed by atoms with Gasteiger partial charge in [-0.05, 0) is 24.2 Å². The van der Waals surface area contributed by atoms with Gasteiger partial charge in [0, 0.05) is 0 Å². The molecule has 0 radical (unpaired) electrons. The molecule has 0 saturated heterocycles. The third kappa shape index (κ3) is 3.22. The van der Waals surface area contributed by atoms with Gasteiger partial charge in [0.2, 0.25) is 0 Å². The molecule has 4 heteroatoms. The fraction of sp³-hybridized carbons (Fsp3) is 0.818. The van der Waals surface area contributed by atoms with E-state index in [9.17, 15) is 9.59 Å². The number of ether oxygens (including phenoxy) is 1. The molecular formula is C11H18O4. The average molecular weight is 214 g/mol. The molecule has 0 spiro atoms. The van der Waals surface area contributed by atoms with E-state index in [2.05, 4.69) is 11.7 Å². The summed E-state index contributed by atoms with van der Waals surface area (Å²) in [6.07, 6.45) is 2.95. The van der Waals surface area contributed by atoms with Crippen molar-refractivity contribution in [2.75, 3.05) is 7.11 Å². The monoisotopic (exact) mass is 214 g/mol. The van der Waals surface area contributed by atoms with Crippen molar-refractivity contribution in [2.24, 2.45) is 11.3 Å². The first-order chi connectivity index (χ1) is 6.97. The zero-order valence-corrected chi connectivity index (χ0v) is 9.28. The lowest BCUT2D eigenvalue weighted by Gasteiger charge is -2.25. The zero-order chi connectivity index (χ0) is 11.5. The smallest absolute Gasteiger partial charge is 0.306 e. The van der Waals surface area contributed by atoms with E-state index in [1.54, 1.807) is 0 Å². The highest BCUT2D eigenvalue weighted by atomic mass is 16.5. The number of hydrogen-bond acceptors (Lipinski definition) is 3. The minimum atomic E-state index is -0.826. The summed E-state index contributed by atoms with van der Waals surface area (Å²) in [7, 11) is 1.34. The Balaban J connectivity index is 2.68. The molecule has 2 atom stereocenters. The van der Waals surface area contributed by atoms with E-state index >= 15 is 0 Å². The molecule has 15 heavy (non-hydrogen) atoms. The summed E-state index contributed by atoms with van der Waals surface area (Å²) in [5, 5.41) is 8.86. The SMILES string of the molecule is COC(=O)C[C@@]1(CC(=O)O)CC[C@@H](C)C1. The molecule has 1 aliphatic rings. The maximum Gasteiger partial charge on any atom is 0.306 e. The van der Waals surface area contributed by atoms with Crippen molar-refractivity contribution in [3.05, 3.63) is 0 Å². The maximum absolute atomic E-state index is 11.2. The first-order valence-corrected chi connectivity index (χ1v) is 5.26. The van der Waals surface area contributed by atoms with E-state index < -0.39 is 5.97 Å². The Morgan fingerprint density at radius 3 is 2.53 bits per heavy atom. The number of carboxylic acid groups (broad SMARTS) is 1. The second-order valence-corrected chi connectivity index (χ2v) is 4.67. The standard InChI is InChI=1S/C11H18O4/c1-8-3-4-11(5-8,6-9(12)13)7-10(14)15-2/h8H,3-7H2,1-2H3,(H,12,13)/t8-,11+/m1/s1. The summed E-state index contributed by atoms with van der Waals surface area (Å²) in [5.74, 6) is -0.618. The number of carboxylic acids is 1. The Bertz CT molecular complexity index is 261. The van der Waals surface area contributed by atoms with Gasteiger partial charge in [0.1, 0.15) is 0 Å². The molecule has 0 bridgehead atoms. The quantitative estimate of drug-likeness (QED) is 0.725. The van der Waals surface area contributed by atoms with Crippen LogP contribution in [0.15, 0.2) is 0 Å². The fourth-order valence-electron chi connectivity index (χ4n) is 2.58. The highest BCUT2D eigenvalue weighted by Crippen LogP contribution is 2.47. The zero-order valence-electron chi connectivity index (χ0n) is 9.28. The lowest BCUT2D eigenvalue weighted by atomic mass is 9.79. The summed E-state index contributed by atoms with van der Waals surface area (Å²) < 4.78 is 4.62. The summed E-state index contributed by atoms with van der Waals surface area (Å²) in [6, 6.07) is 0. The van der Waals surface area contributed by atoms with Crippen LogP contribution in [0, 0.1) is 11.3 Å². The minimum Gasteiger partial charge on any atom is -0.481 e. The van der Waals surface area contributed by atoms with Gasteiger partial charge in [-0.15, -0.1) is 0 Å². The van der Waals surface area contributed by atoms with Crippen molar-refractivity contribution in [3.8, 4) is 0 Å². The second-order valence-electron chi connectivity index (χ2n) is 4.67. The topological polar surface area (TPSA) is 63.6 Å². The molecule has 0 heterocycles. The molecule has 1 saturated carbocycles. The summed E-state index contributed by atoms with van der Waals surface area (Å²) in [4.78, 5) is 22.0. The molecule has 86 valence electrons. The molecule has 0 aromatic carbocycles. The molecule has 0 aromatic heterocycles. The molecule has 0 amide bonds. The van der Waals surface area contributed by atoms with Gasteiger partial charge in [-0.25, -0.2) is 0 Å². The van der Waals surface area contributed by atoms with E-state index in [4.69, 9.17) is 5.11 Å². The van der Waals surface area contributed by atoms with Crippen LogP contribution < -0.4 is 0 Å². The molecule has 1 N–H and O–H groups in total. The molecule has 0 aromatic rings. The van der Waals surface area contributed by atoms with Crippen LogP contribution in [-0.2, 0) is 14.3 Å². The van der Waals surface area contributed by atoms with Crippen LogP contribution >= 0.6 is 0 Å². The van der Waals surface area contributed by atoms with Crippen molar-refractivity contribution in [1.82, 2.24) is 0 Å². The van der Waals surface area contributed by atoms with Crippen molar-refractivity contribution >= 4 is 11.9 Å². The fourth-order valence-corrected chi connectivity index (χ4v) is 2.58. The molecule has 0 aliphatic heterocycles. The average Bonchev–Trinajstić information content (AvgIpc) is 2.46. The first-order valence-electron chi connectivity index (χ1n) is 5.26. The van der Waals surface area contributed by atoms with E-state index in [1.807, 2.05) is 0 Å². The van der Waals surface area contributed by atoms with Gasteiger partial charge >= 0.3 is 11.9 Å². The van der Waals surface area contributed by atoms with Gasteiger partial charge < -0.3 is 9.84 Å². The molecule has 1 rings (SSSR count). The van der Waals surface area contributed by atoms with Crippen molar-refractivity contribution in [2.45, 2.75) is 39.0 Å². The third-order valence-corrected chi connectivity index (χ3v) is 3.22. The van der Waals surface area contributed by atoms with Crippen LogP contribution in [0.2, 0.25) is 0 Å². The summed E-state index contributed by atoms with van der Waals surface area (Å²) in [6.45, 7) is 2.10.